The number of likely N-dealkylation sites (tertiary alicyclic amines) is 1. The van der Waals surface area contributed by atoms with E-state index in [1.807, 2.05) is 48.5 Å². The van der Waals surface area contributed by atoms with Crippen LogP contribution >= 0.6 is 0 Å². The van der Waals surface area contributed by atoms with Gasteiger partial charge in [-0.1, -0.05) is 57.2 Å². The number of nitrogens with one attached hydrogen (secondary N) is 3. The smallest absolute Gasteiger partial charge is 0.408 e. The first-order valence-electron chi connectivity index (χ1n) is 19.2. The molecule has 3 fully saturated rings. The molecule has 5 atom stereocenters. The standard InChI is InChI=1S/C42H53N5O9S/c1-9-28-24-42(28,37(50)46-57(52,53)41(18-19-41)23-26-13-11-10-12-14-26)45-34(48)32-22-30(55-35-31-16-15-29(54-8)21-27(31)17-20-43-35)25-47(32)36(49)33(39(2,3)4)44-38(51)56-40(5,6)7/h9-17,20-21,28,30,32-33H,1,18-19,22-25H2,2-8H3,(H,44,51)(H,45,48)(H,46,50)/t28?,30-,32+,33-,42-/m1/s1. The Morgan fingerprint density at radius 3 is 2.33 bits per heavy atom. The molecule has 6 rings (SSSR count). The molecule has 1 unspecified atom stereocenters. The number of pyridine rings is 1. The highest BCUT2D eigenvalue weighted by atomic mass is 32.2. The molecule has 3 aliphatic rings. The molecule has 14 nitrogen and oxygen atoms in total. The number of fused-ring (bicyclic) bond motifs is 1. The molecule has 2 aliphatic carbocycles. The number of alkyl carbamates (subject to hydrolysis) is 1. The van der Waals surface area contributed by atoms with E-state index in [0.29, 0.717) is 24.0 Å². The van der Waals surface area contributed by atoms with Crippen molar-refractivity contribution in [3.8, 4) is 11.6 Å². The van der Waals surface area contributed by atoms with Crippen LogP contribution in [0.3, 0.4) is 0 Å². The van der Waals surface area contributed by atoms with Gasteiger partial charge in [-0.3, -0.25) is 19.1 Å². The molecular weight excluding hydrogens is 751 g/mol. The van der Waals surface area contributed by atoms with Gasteiger partial charge in [0.05, 0.1) is 18.4 Å². The van der Waals surface area contributed by atoms with Crippen molar-refractivity contribution in [2.24, 2.45) is 11.3 Å². The zero-order valence-corrected chi connectivity index (χ0v) is 34.4. The minimum absolute atomic E-state index is 0.00400. The minimum atomic E-state index is -4.15. The first kappa shape index (κ1) is 41.5. The van der Waals surface area contributed by atoms with Gasteiger partial charge in [-0.05, 0) is 87.1 Å². The van der Waals surface area contributed by atoms with Crippen molar-refractivity contribution in [1.29, 1.82) is 0 Å². The van der Waals surface area contributed by atoms with Crippen molar-refractivity contribution in [3.05, 3.63) is 79.0 Å². The van der Waals surface area contributed by atoms with Crippen LogP contribution in [-0.2, 0) is 35.6 Å². The molecule has 1 aliphatic heterocycles. The molecular formula is C42H53N5O9S. The fourth-order valence-electron chi connectivity index (χ4n) is 7.43. The lowest BCUT2D eigenvalue weighted by atomic mass is 9.85. The highest BCUT2D eigenvalue weighted by molar-refractivity contribution is 7.91. The van der Waals surface area contributed by atoms with E-state index >= 15 is 0 Å². The van der Waals surface area contributed by atoms with Gasteiger partial charge in [0.1, 0.15) is 35.1 Å². The minimum Gasteiger partial charge on any atom is -0.497 e. The van der Waals surface area contributed by atoms with E-state index in [9.17, 15) is 27.6 Å². The van der Waals surface area contributed by atoms with Crippen LogP contribution in [0, 0.1) is 11.3 Å². The Bertz CT molecular complexity index is 2160. The lowest BCUT2D eigenvalue weighted by Gasteiger charge is -2.36. The molecule has 306 valence electrons. The van der Waals surface area contributed by atoms with Gasteiger partial charge in [0, 0.05) is 23.9 Å². The number of benzene rings is 2. The molecule has 0 spiro atoms. The van der Waals surface area contributed by atoms with Crippen molar-refractivity contribution in [2.45, 2.75) is 108 Å². The lowest BCUT2D eigenvalue weighted by Crippen LogP contribution is -2.60. The Hall–Kier alpha value is -5.18. The Morgan fingerprint density at radius 1 is 1.04 bits per heavy atom. The zero-order valence-electron chi connectivity index (χ0n) is 33.6. The molecule has 1 saturated heterocycles. The number of aromatic nitrogens is 1. The van der Waals surface area contributed by atoms with Crippen molar-refractivity contribution in [1.82, 2.24) is 25.2 Å². The van der Waals surface area contributed by atoms with E-state index in [2.05, 4.69) is 26.9 Å². The van der Waals surface area contributed by atoms with Crippen molar-refractivity contribution >= 4 is 44.6 Å². The van der Waals surface area contributed by atoms with Crippen LogP contribution in [-0.4, -0.2) is 89.8 Å². The van der Waals surface area contributed by atoms with Crippen LogP contribution in [0.1, 0.15) is 72.8 Å². The second-order valence-electron chi connectivity index (χ2n) is 17.4. The van der Waals surface area contributed by atoms with Gasteiger partial charge < -0.3 is 29.7 Å². The zero-order chi connectivity index (χ0) is 41.6. The predicted molar refractivity (Wildman–Crippen MR) is 214 cm³/mol. The molecule has 15 heteroatoms. The van der Waals surface area contributed by atoms with E-state index in [1.165, 1.54) is 11.0 Å². The normalized spacial score (nSPS) is 23.1. The predicted octanol–water partition coefficient (Wildman–Crippen LogP) is 4.81. The summed E-state index contributed by atoms with van der Waals surface area (Å²) in [5.74, 6) is -1.75. The third-order valence-corrected chi connectivity index (χ3v) is 13.0. The van der Waals surface area contributed by atoms with Crippen molar-refractivity contribution in [2.75, 3.05) is 13.7 Å². The molecule has 2 aromatic carbocycles. The van der Waals surface area contributed by atoms with Crippen molar-refractivity contribution < 1.29 is 41.8 Å². The Labute approximate surface area is 334 Å². The van der Waals surface area contributed by atoms with E-state index < -0.39 is 79.2 Å². The first-order valence-corrected chi connectivity index (χ1v) is 20.6. The molecule has 2 saturated carbocycles. The van der Waals surface area contributed by atoms with Crippen LogP contribution in [0.4, 0.5) is 4.79 Å². The Balaban J connectivity index is 1.27. The van der Waals surface area contributed by atoms with Gasteiger partial charge in [0.15, 0.2) is 0 Å². The molecule has 3 aromatic rings. The van der Waals surface area contributed by atoms with Gasteiger partial charge in [-0.25, -0.2) is 18.2 Å². The SMILES string of the molecule is C=CC1C[C@]1(NC(=O)[C@@H]1C[C@@H](Oc2nccc3cc(OC)ccc23)CN1C(=O)[C@@H](NC(=O)OC(C)(C)C)C(C)(C)C)C(=O)NS(=O)(=O)C1(Cc2ccccc2)CC1. The summed E-state index contributed by atoms with van der Waals surface area (Å²) in [5.41, 5.74) is -2.45. The largest absolute Gasteiger partial charge is 0.497 e. The summed E-state index contributed by atoms with van der Waals surface area (Å²) in [6.07, 6.45) is 2.70. The number of sulfonamides is 1. The van der Waals surface area contributed by atoms with Crippen LogP contribution in [0.25, 0.3) is 10.8 Å². The first-order chi connectivity index (χ1) is 26.7. The molecule has 0 bridgehead atoms. The van der Waals surface area contributed by atoms with Crippen molar-refractivity contribution in [3.63, 3.8) is 0 Å². The van der Waals surface area contributed by atoms with Gasteiger partial charge >= 0.3 is 6.09 Å². The third kappa shape index (κ3) is 8.88. The summed E-state index contributed by atoms with van der Waals surface area (Å²) >= 11 is 0. The molecule has 0 radical (unpaired) electrons. The second-order valence-corrected chi connectivity index (χ2v) is 19.5. The molecule has 2 heterocycles. The number of amides is 4. The van der Waals surface area contributed by atoms with Crippen LogP contribution < -0.4 is 24.8 Å². The number of nitrogens with zero attached hydrogens (tertiary/aromatic N) is 2. The monoisotopic (exact) mass is 803 g/mol. The summed E-state index contributed by atoms with van der Waals surface area (Å²) in [6.45, 7) is 14.2. The van der Waals surface area contributed by atoms with E-state index in [1.54, 1.807) is 60.9 Å². The summed E-state index contributed by atoms with van der Waals surface area (Å²) in [7, 11) is -2.59. The quantitative estimate of drug-likeness (QED) is 0.203. The maximum Gasteiger partial charge on any atom is 0.408 e. The van der Waals surface area contributed by atoms with Gasteiger partial charge in [0.2, 0.25) is 27.7 Å². The number of hydrogen-bond donors (Lipinski definition) is 3. The summed E-state index contributed by atoms with van der Waals surface area (Å²) < 4.78 is 46.0. The number of hydrogen-bond acceptors (Lipinski definition) is 10. The number of methoxy groups -OCH3 is 1. The van der Waals surface area contributed by atoms with Gasteiger partial charge in [-0.15, -0.1) is 6.58 Å². The average Bonchev–Trinajstić information content (AvgIpc) is 4.04. The molecule has 4 amide bonds. The van der Waals surface area contributed by atoms with E-state index in [-0.39, 0.29) is 31.7 Å². The van der Waals surface area contributed by atoms with E-state index in [4.69, 9.17) is 14.2 Å². The highest BCUT2D eigenvalue weighted by Crippen LogP contribution is 2.48. The Kier molecular flexibility index (Phi) is 11.1. The number of rotatable bonds is 13. The average molecular weight is 804 g/mol. The van der Waals surface area contributed by atoms with Gasteiger partial charge in [-0.2, -0.15) is 0 Å². The van der Waals surface area contributed by atoms with Crippen LogP contribution in [0.15, 0.2) is 73.4 Å². The van der Waals surface area contributed by atoms with Crippen LogP contribution in [0.2, 0.25) is 0 Å². The number of carbonyl (C=O) groups excluding carboxylic acids is 4. The number of ether oxygens (including phenoxy) is 3. The fraction of sp³-hybridized carbons (Fsp3) is 0.500. The topological polar surface area (TPSA) is 182 Å². The van der Waals surface area contributed by atoms with E-state index in [0.717, 1.165) is 10.9 Å². The maximum absolute atomic E-state index is 14.6. The summed E-state index contributed by atoms with van der Waals surface area (Å²) in [4.78, 5) is 61.9. The molecule has 3 N–H and O–H groups in total. The second kappa shape index (κ2) is 15.3. The fourth-order valence-corrected chi connectivity index (χ4v) is 9.07. The molecule has 1 aromatic heterocycles. The maximum atomic E-state index is 14.6. The third-order valence-electron chi connectivity index (χ3n) is 10.9. The lowest BCUT2D eigenvalue weighted by molar-refractivity contribution is -0.143. The number of carbonyl (C=O) groups is 4. The highest BCUT2D eigenvalue weighted by Gasteiger charge is 2.63. The molecule has 57 heavy (non-hydrogen) atoms. The van der Waals surface area contributed by atoms with Crippen LogP contribution in [0.5, 0.6) is 11.6 Å². The summed E-state index contributed by atoms with van der Waals surface area (Å²) in [5, 5.41) is 7.04. The summed E-state index contributed by atoms with van der Waals surface area (Å²) in [6, 6.07) is 14.1. The Morgan fingerprint density at radius 2 is 1.74 bits per heavy atom. The van der Waals surface area contributed by atoms with Gasteiger partial charge in [0.25, 0.3) is 5.91 Å².